The molecule has 0 aliphatic carbocycles. The van der Waals surface area contributed by atoms with E-state index in [1.807, 2.05) is 11.4 Å². The van der Waals surface area contributed by atoms with Gasteiger partial charge in [-0.15, -0.1) is 11.3 Å². The fourth-order valence-corrected chi connectivity index (χ4v) is 4.11. The second-order valence-corrected chi connectivity index (χ2v) is 7.60. The first kappa shape index (κ1) is 18.3. The van der Waals surface area contributed by atoms with Crippen LogP contribution < -0.4 is 10.9 Å². The topological polar surface area (TPSA) is 76.1 Å². The molecule has 1 saturated heterocycles. The average Bonchev–Trinajstić information content (AvgIpc) is 3.26. The summed E-state index contributed by atoms with van der Waals surface area (Å²) in [5, 5.41) is 4.81. The van der Waals surface area contributed by atoms with Crippen LogP contribution in [0.4, 0.5) is 0 Å². The van der Waals surface area contributed by atoms with Gasteiger partial charge in [0.15, 0.2) is 4.77 Å². The zero-order chi connectivity index (χ0) is 17.6. The first-order valence-electron chi connectivity index (χ1n) is 8.74. The molecule has 25 heavy (non-hydrogen) atoms. The number of fused-ring (bicyclic) bond motifs is 1. The Morgan fingerprint density at radius 1 is 1.44 bits per heavy atom. The summed E-state index contributed by atoms with van der Waals surface area (Å²) < 4.78 is 8.27. The molecule has 0 saturated carbocycles. The van der Waals surface area contributed by atoms with E-state index in [1.54, 1.807) is 4.57 Å². The smallest absolute Gasteiger partial charge is 0.272 e. The fourth-order valence-electron chi connectivity index (χ4n) is 3.03. The number of amides is 1. The van der Waals surface area contributed by atoms with Crippen LogP contribution in [-0.2, 0) is 16.1 Å². The number of aromatic amines is 1. The van der Waals surface area contributed by atoms with Gasteiger partial charge in [-0.2, -0.15) is 0 Å². The molecule has 1 aliphatic heterocycles. The predicted molar refractivity (Wildman–Crippen MR) is 102 cm³/mol. The second-order valence-electron chi connectivity index (χ2n) is 6.30. The van der Waals surface area contributed by atoms with Gasteiger partial charge in [0.25, 0.3) is 5.56 Å². The minimum absolute atomic E-state index is 0.0249. The molecule has 3 heterocycles. The molecule has 2 aromatic heterocycles. The molecule has 1 aliphatic rings. The predicted octanol–water partition coefficient (Wildman–Crippen LogP) is 2.98. The average molecular weight is 382 g/mol. The van der Waals surface area contributed by atoms with Gasteiger partial charge in [0.2, 0.25) is 5.91 Å². The summed E-state index contributed by atoms with van der Waals surface area (Å²) in [6.07, 6.45) is 5.33. The Balaban J connectivity index is 1.39. The number of hydrogen-bond donors (Lipinski definition) is 2. The van der Waals surface area contributed by atoms with Crippen LogP contribution in [0.2, 0.25) is 0 Å². The molecule has 1 atom stereocenters. The Labute approximate surface area is 155 Å². The lowest BCUT2D eigenvalue weighted by Gasteiger charge is -2.10. The SMILES string of the molecule is O=C(CCCCCn1c(=S)[nH]c2ccsc2c1=O)NC[C@@H]1CCCO1. The van der Waals surface area contributed by atoms with Crippen LogP contribution in [0.1, 0.15) is 38.5 Å². The number of nitrogens with one attached hydrogen (secondary N) is 2. The van der Waals surface area contributed by atoms with Gasteiger partial charge in [-0.1, -0.05) is 6.42 Å². The lowest BCUT2D eigenvalue weighted by molar-refractivity contribution is -0.121. The molecule has 136 valence electrons. The van der Waals surface area contributed by atoms with Crippen LogP contribution in [0, 0.1) is 4.77 Å². The van der Waals surface area contributed by atoms with Gasteiger partial charge in [0.1, 0.15) is 4.70 Å². The van der Waals surface area contributed by atoms with Crippen LogP contribution in [0.25, 0.3) is 10.2 Å². The Bertz CT molecular complexity index is 834. The lowest BCUT2D eigenvalue weighted by Crippen LogP contribution is -2.31. The van der Waals surface area contributed by atoms with E-state index in [1.165, 1.54) is 11.3 Å². The summed E-state index contributed by atoms with van der Waals surface area (Å²) in [6.45, 7) is 2.00. The highest BCUT2D eigenvalue weighted by Crippen LogP contribution is 2.14. The van der Waals surface area contributed by atoms with Crippen LogP contribution in [-0.4, -0.2) is 34.7 Å². The minimum atomic E-state index is -0.0249. The molecule has 0 unspecified atom stereocenters. The van der Waals surface area contributed by atoms with Crippen molar-refractivity contribution in [2.45, 2.75) is 51.2 Å². The second kappa shape index (κ2) is 8.73. The van der Waals surface area contributed by atoms with Crippen molar-refractivity contribution in [2.75, 3.05) is 13.2 Å². The summed E-state index contributed by atoms with van der Waals surface area (Å²) >= 11 is 6.70. The van der Waals surface area contributed by atoms with E-state index >= 15 is 0 Å². The van der Waals surface area contributed by atoms with Crippen molar-refractivity contribution in [2.24, 2.45) is 0 Å². The van der Waals surface area contributed by atoms with E-state index in [9.17, 15) is 9.59 Å². The van der Waals surface area contributed by atoms with Gasteiger partial charge < -0.3 is 15.0 Å². The number of hydrogen-bond acceptors (Lipinski definition) is 5. The first-order valence-corrected chi connectivity index (χ1v) is 10.0. The van der Waals surface area contributed by atoms with Gasteiger partial charge in [-0.25, -0.2) is 0 Å². The number of nitrogens with zero attached hydrogens (tertiary/aromatic N) is 1. The molecule has 2 aromatic rings. The third kappa shape index (κ3) is 4.77. The molecular weight excluding hydrogens is 358 g/mol. The molecule has 0 aromatic carbocycles. The van der Waals surface area contributed by atoms with Crippen LogP contribution >= 0.6 is 23.6 Å². The molecule has 6 nitrogen and oxygen atoms in total. The fraction of sp³-hybridized carbons (Fsp3) is 0.588. The van der Waals surface area contributed by atoms with Crippen LogP contribution in [0.3, 0.4) is 0 Å². The Morgan fingerprint density at radius 2 is 2.32 bits per heavy atom. The zero-order valence-corrected chi connectivity index (χ0v) is 15.7. The molecule has 3 rings (SSSR count). The van der Waals surface area contributed by atoms with E-state index in [0.717, 1.165) is 44.2 Å². The van der Waals surface area contributed by atoms with Gasteiger partial charge in [0, 0.05) is 26.1 Å². The Morgan fingerprint density at radius 3 is 3.12 bits per heavy atom. The zero-order valence-electron chi connectivity index (χ0n) is 14.1. The van der Waals surface area contributed by atoms with Crippen LogP contribution in [0.5, 0.6) is 0 Å². The molecule has 0 radical (unpaired) electrons. The summed E-state index contributed by atoms with van der Waals surface area (Å²) in [4.78, 5) is 27.3. The number of ether oxygens (including phenoxy) is 1. The number of aromatic nitrogens is 2. The maximum atomic E-state index is 12.4. The van der Waals surface area contributed by atoms with E-state index in [-0.39, 0.29) is 17.6 Å². The minimum Gasteiger partial charge on any atom is -0.376 e. The van der Waals surface area contributed by atoms with Gasteiger partial charge in [-0.05, 0) is 49.3 Å². The van der Waals surface area contributed by atoms with Crippen molar-refractivity contribution in [1.29, 1.82) is 0 Å². The molecule has 2 N–H and O–H groups in total. The Kier molecular flexibility index (Phi) is 6.39. The number of H-pyrrole nitrogens is 1. The number of rotatable bonds is 8. The number of carbonyl (C=O) groups is 1. The van der Waals surface area contributed by atoms with Crippen molar-refractivity contribution in [3.8, 4) is 0 Å². The van der Waals surface area contributed by atoms with Crippen molar-refractivity contribution in [3.63, 3.8) is 0 Å². The monoisotopic (exact) mass is 381 g/mol. The maximum Gasteiger partial charge on any atom is 0.272 e. The summed E-state index contributed by atoms with van der Waals surface area (Å²) in [7, 11) is 0. The molecule has 8 heteroatoms. The van der Waals surface area contributed by atoms with Gasteiger partial charge in [0.05, 0.1) is 11.6 Å². The van der Waals surface area contributed by atoms with E-state index in [0.29, 0.717) is 29.0 Å². The molecule has 0 spiro atoms. The summed E-state index contributed by atoms with van der Waals surface area (Å²) in [6, 6.07) is 1.87. The number of carbonyl (C=O) groups excluding carboxylic acids is 1. The summed E-state index contributed by atoms with van der Waals surface area (Å²) in [5.74, 6) is 0.0740. The number of thiophene rings is 1. The van der Waals surface area contributed by atoms with E-state index < -0.39 is 0 Å². The third-order valence-corrected chi connectivity index (χ3v) is 5.65. The summed E-state index contributed by atoms with van der Waals surface area (Å²) in [5.41, 5.74) is 0.780. The Hall–Kier alpha value is -1.51. The molecule has 1 amide bonds. The van der Waals surface area contributed by atoms with Crippen molar-refractivity contribution in [1.82, 2.24) is 14.9 Å². The molecular formula is C17H23N3O3S2. The highest BCUT2D eigenvalue weighted by molar-refractivity contribution is 7.71. The normalized spacial score (nSPS) is 17.2. The van der Waals surface area contributed by atoms with Gasteiger partial charge >= 0.3 is 0 Å². The quantitative estimate of drug-likeness (QED) is 0.544. The standard InChI is InChI=1S/C17H23N3O3S2/c21-14(18-11-12-5-4-9-23-12)6-2-1-3-8-20-16(22)15-13(7-10-25-15)19-17(20)24/h7,10,12H,1-6,8-9,11H2,(H,18,21)(H,19,24)/t12-/m0/s1. The number of unbranched alkanes of at least 4 members (excludes halogenated alkanes) is 2. The third-order valence-electron chi connectivity index (χ3n) is 4.43. The first-order chi connectivity index (χ1) is 12.1. The highest BCUT2D eigenvalue weighted by atomic mass is 32.1. The highest BCUT2D eigenvalue weighted by Gasteiger charge is 2.15. The van der Waals surface area contributed by atoms with Crippen molar-refractivity contribution < 1.29 is 9.53 Å². The largest absolute Gasteiger partial charge is 0.376 e. The lowest BCUT2D eigenvalue weighted by atomic mass is 10.2. The molecule has 1 fully saturated rings. The van der Waals surface area contributed by atoms with E-state index in [4.69, 9.17) is 17.0 Å². The maximum absolute atomic E-state index is 12.4. The van der Waals surface area contributed by atoms with Crippen molar-refractivity contribution >= 4 is 39.7 Å². The van der Waals surface area contributed by atoms with Gasteiger partial charge in [-0.3, -0.25) is 14.2 Å². The van der Waals surface area contributed by atoms with Crippen molar-refractivity contribution in [3.05, 3.63) is 26.6 Å². The van der Waals surface area contributed by atoms with Crippen LogP contribution in [0.15, 0.2) is 16.2 Å². The molecule has 0 bridgehead atoms. The van der Waals surface area contributed by atoms with E-state index in [2.05, 4.69) is 10.3 Å².